The van der Waals surface area contributed by atoms with Crippen molar-refractivity contribution >= 4 is 21.6 Å². The lowest BCUT2D eigenvalue weighted by Gasteiger charge is -2.39. The maximum absolute atomic E-state index is 13.3. The molecular formula is C21H20F6N2O4S. The van der Waals surface area contributed by atoms with Crippen LogP contribution in [0.25, 0.3) is 0 Å². The molecule has 0 aliphatic carbocycles. The lowest BCUT2D eigenvalue weighted by molar-refractivity contribution is -0.274. The molecule has 34 heavy (non-hydrogen) atoms. The van der Waals surface area contributed by atoms with Crippen molar-refractivity contribution in [2.45, 2.75) is 48.9 Å². The van der Waals surface area contributed by atoms with Crippen LogP contribution in [-0.2, 0) is 20.8 Å². The maximum atomic E-state index is 13.3. The summed E-state index contributed by atoms with van der Waals surface area (Å²) >= 11 is 0. The Labute approximate surface area is 191 Å². The van der Waals surface area contributed by atoms with Crippen LogP contribution >= 0.6 is 0 Å². The van der Waals surface area contributed by atoms with Gasteiger partial charge in [0.05, 0.1) is 15.2 Å². The molecule has 1 fully saturated rings. The summed E-state index contributed by atoms with van der Waals surface area (Å²) < 4.78 is 105. The number of hydrogen-bond acceptors (Lipinski definition) is 5. The third-order valence-corrected chi connectivity index (χ3v) is 8.39. The van der Waals surface area contributed by atoms with Crippen molar-refractivity contribution in [3.05, 3.63) is 48.2 Å². The molecule has 3 rings (SSSR count). The molecule has 0 unspecified atom stereocenters. The highest BCUT2D eigenvalue weighted by Crippen LogP contribution is 2.40. The number of pyridine rings is 1. The number of halogens is 6. The van der Waals surface area contributed by atoms with Crippen LogP contribution in [0.1, 0.15) is 32.3 Å². The summed E-state index contributed by atoms with van der Waals surface area (Å²) in [6.45, 7) is 2.77. The first-order valence-electron chi connectivity index (χ1n) is 9.96. The summed E-state index contributed by atoms with van der Waals surface area (Å²) in [6, 6.07) is 5.87. The number of aromatic nitrogens is 1. The summed E-state index contributed by atoms with van der Waals surface area (Å²) in [5, 5.41) is 0. The molecule has 1 amide bonds. The Morgan fingerprint density at radius 3 is 2.26 bits per heavy atom. The lowest BCUT2D eigenvalue weighted by Crippen LogP contribution is -2.48. The molecule has 1 saturated heterocycles. The van der Waals surface area contributed by atoms with Gasteiger partial charge in [-0.25, -0.2) is 13.4 Å². The number of amides is 1. The van der Waals surface area contributed by atoms with Gasteiger partial charge in [-0.2, -0.15) is 13.2 Å². The summed E-state index contributed by atoms with van der Waals surface area (Å²) in [5.41, 5.74) is -0.970. The van der Waals surface area contributed by atoms with Gasteiger partial charge in [0.1, 0.15) is 11.6 Å². The molecule has 1 aliphatic heterocycles. The van der Waals surface area contributed by atoms with Crippen LogP contribution in [0.15, 0.2) is 47.5 Å². The van der Waals surface area contributed by atoms with Gasteiger partial charge in [-0.1, -0.05) is 6.07 Å². The van der Waals surface area contributed by atoms with Crippen LogP contribution in [0.4, 0.5) is 32.2 Å². The number of rotatable bonds is 5. The van der Waals surface area contributed by atoms with Gasteiger partial charge in [0.25, 0.3) is 0 Å². The number of hydrogen-bond donors (Lipinski definition) is 0. The van der Waals surface area contributed by atoms with Crippen LogP contribution in [-0.4, -0.2) is 37.0 Å². The first-order valence-corrected chi connectivity index (χ1v) is 11.4. The van der Waals surface area contributed by atoms with Gasteiger partial charge in [0.2, 0.25) is 5.91 Å². The molecule has 0 bridgehead atoms. The average molecular weight is 510 g/mol. The summed E-state index contributed by atoms with van der Waals surface area (Å²) in [7, 11) is -4.20. The Kier molecular flexibility index (Phi) is 6.64. The molecule has 0 N–H and O–H groups in total. The highest BCUT2D eigenvalue weighted by molar-refractivity contribution is 7.92. The van der Waals surface area contributed by atoms with Gasteiger partial charge < -0.3 is 4.74 Å². The first-order chi connectivity index (χ1) is 15.5. The molecule has 1 atom stereocenters. The normalized spacial score (nSPS) is 18.2. The number of nitrogens with zero attached hydrogens (tertiary/aromatic N) is 2. The second-order valence-corrected chi connectivity index (χ2v) is 10.8. The highest BCUT2D eigenvalue weighted by atomic mass is 32.2. The Hall–Kier alpha value is -2.83. The molecule has 2 aromatic rings. The SMILES string of the molecule is CC(C)([C@H]1CCN(c2ccc(C(F)(F)F)cn2)C(=O)C1)S(=O)(=O)c1cccc(OC(F)(F)F)c1. The van der Waals surface area contributed by atoms with Gasteiger partial charge in [-0.05, 0) is 56.5 Å². The molecule has 0 saturated carbocycles. The summed E-state index contributed by atoms with van der Waals surface area (Å²) in [4.78, 5) is 17.2. The molecule has 0 spiro atoms. The number of carbonyl (C=O) groups is 1. The van der Waals surface area contributed by atoms with E-state index in [-0.39, 0.29) is 25.2 Å². The predicted octanol–water partition coefficient (Wildman–Crippen LogP) is 4.99. The molecule has 13 heteroatoms. The van der Waals surface area contributed by atoms with Crippen molar-refractivity contribution in [3.8, 4) is 5.75 Å². The zero-order valence-corrected chi connectivity index (χ0v) is 18.8. The summed E-state index contributed by atoms with van der Waals surface area (Å²) in [5.74, 6) is -1.92. The maximum Gasteiger partial charge on any atom is 0.573 e. The molecule has 1 aromatic heterocycles. The zero-order chi connectivity index (χ0) is 25.5. The van der Waals surface area contributed by atoms with E-state index < -0.39 is 55.2 Å². The number of carbonyl (C=O) groups excluding carboxylic acids is 1. The molecule has 1 aromatic carbocycles. The number of sulfone groups is 1. The molecule has 2 heterocycles. The van der Waals surface area contributed by atoms with Crippen molar-refractivity contribution in [2.24, 2.45) is 5.92 Å². The minimum Gasteiger partial charge on any atom is -0.406 e. The van der Waals surface area contributed by atoms with Crippen molar-refractivity contribution in [3.63, 3.8) is 0 Å². The number of anilines is 1. The van der Waals surface area contributed by atoms with E-state index in [2.05, 4.69) is 9.72 Å². The van der Waals surface area contributed by atoms with Crippen LogP contribution in [0.5, 0.6) is 5.75 Å². The molecule has 186 valence electrons. The minimum absolute atomic E-state index is 0.00844. The monoisotopic (exact) mass is 510 g/mol. The molecule has 1 aliphatic rings. The molecule has 0 radical (unpaired) electrons. The van der Waals surface area contributed by atoms with Gasteiger partial charge in [-0.3, -0.25) is 9.69 Å². The van der Waals surface area contributed by atoms with Crippen molar-refractivity contribution in [2.75, 3.05) is 11.4 Å². The van der Waals surface area contributed by atoms with Gasteiger partial charge in [0.15, 0.2) is 9.84 Å². The van der Waals surface area contributed by atoms with E-state index in [0.717, 1.165) is 36.4 Å². The Morgan fingerprint density at radius 2 is 1.74 bits per heavy atom. The second kappa shape index (κ2) is 8.75. The van der Waals surface area contributed by atoms with E-state index in [1.54, 1.807) is 0 Å². The first kappa shape index (κ1) is 25.8. The van der Waals surface area contributed by atoms with Crippen molar-refractivity contribution < 1.29 is 44.3 Å². The van der Waals surface area contributed by atoms with Crippen LogP contribution < -0.4 is 9.64 Å². The molecular weight excluding hydrogens is 490 g/mol. The number of alkyl halides is 6. The quantitative estimate of drug-likeness (QED) is 0.530. The Bertz CT molecular complexity index is 1160. The number of benzene rings is 1. The Morgan fingerprint density at radius 1 is 1.06 bits per heavy atom. The van der Waals surface area contributed by atoms with E-state index in [4.69, 9.17) is 0 Å². The Balaban J connectivity index is 1.79. The van der Waals surface area contributed by atoms with E-state index in [1.165, 1.54) is 18.7 Å². The van der Waals surface area contributed by atoms with Crippen molar-refractivity contribution in [1.29, 1.82) is 0 Å². The third-order valence-electron chi connectivity index (χ3n) is 5.80. The van der Waals surface area contributed by atoms with Gasteiger partial charge >= 0.3 is 12.5 Å². The van der Waals surface area contributed by atoms with E-state index in [0.29, 0.717) is 6.20 Å². The highest BCUT2D eigenvalue weighted by Gasteiger charge is 2.46. The predicted molar refractivity (Wildman–Crippen MR) is 109 cm³/mol. The van der Waals surface area contributed by atoms with E-state index in [1.807, 2.05) is 0 Å². The zero-order valence-electron chi connectivity index (χ0n) is 17.9. The smallest absolute Gasteiger partial charge is 0.406 e. The average Bonchev–Trinajstić information content (AvgIpc) is 2.72. The fourth-order valence-corrected chi connectivity index (χ4v) is 5.52. The number of piperidine rings is 1. The topological polar surface area (TPSA) is 76.6 Å². The van der Waals surface area contributed by atoms with Gasteiger partial charge in [-0.15, -0.1) is 13.2 Å². The second-order valence-electron chi connectivity index (χ2n) is 8.27. The van der Waals surface area contributed by atoms with Crippen molar-refractivity contribution in [1.82, 2.24) is 4.98 Å². The largest absolute Gasteiger partial charge is 0.573 e. The lowest BCUT2D eigenvalue weighted by atomic mass is 9.85. The summed E-state index contributed by atoms with van der Waals surface area (Å²) in [6.07, 6.45) is -9.03. The fourth-order valence-electron chi connectivity index (χ4n) is 3.74. The minimum atomic E-state index is -5.00. The standard InChI is InChI=1S/C21H20F6N2O4S/c1-19(2,34(31,32)16-5-3-4-15(11-16)33-21(25,26)27)13-8-9-29(18(30)10-13)17-7-6-14(12-28-17)20(22,23)24/h3-7,11-13H,8-10H2,1-2H3/t13-/m0/s1. The van der Waals surface area contributed by atoms with Gasteiger partial charge in [0, 0.05) is 19.2 Å². The van der Waals surface area contributed by atoms with E-state index >= 15 is 0 Å². The number of ether oxygens (including phenoxy) is 1. The van der Waals surface area contributed by atoms with Crippen LogP contribution in [0.2, 0.25) is 0 Å². The fraction of sp³-hybridized carbons (Fsp3) is 0.429. The third kappa shape index (κ3) is 5.29. The van der Waals surface area contributed by atoms with Crippen LogP contribution in [0, 0.1) is 5.92 Å². The van der Waals surface area contributed by atoms with Crippen LogP contribution in [0.3, 0.4) is 0 Å². The van der Waals surface area contributed by atoms with E-state index in [9.17, 15) is 39.6 Å². The molecule has 6 nitrogen and oxygen atoms in total.